The van der Waals surface area contributed by atoms with Crippen molar-refractivity contribution < 1.29 is 9.50 Å². The molecule has 6 heteroatoms. The lowest BCUT2D eigenvalue weighted by Gasteiger charge is -2.21. The summed E-state index contributed by atoms with van der Waals surface area (Å²) in [7, 11) is 0. The Labute approximate surface area is 130 Å². The highest BCUT2D eigenvalue weighted by Crippen LogP contribution is 2.11. The van der Waals surface area contributed by atoms with E-state index in [4.69, 9.17) is 10.8 Å². The Balaban J connectivity index is 0.00000324. The maximum atomic E-state index is 13.2. The van der Waals surface area contributed by atoms with Crippen molar-refractivity contribution in [3.05, 3.63) is 35.1 Å². The Bertz CT molecular complexity index is 444. The van der Waals surface area contributed by atoms with Gasteiger partial charge >= 0.3 is 0 Å². The smallest absolute Gasteiger partial charge is 0.189 e. The van der Waals surface area contributed by atoms with Crippen LogP contribution in [-0.2, 0) is 13.2 Å². The fraction of sp³-hybridized carbons (Fsp3) is 0.462. The number of benzene rings is 1. The van der Waals surface area contributed by atoms with Gasteiger partial charge in [-0.1, -0.05) is 6.07 Å². The van der Waals surface area contributed by atoms with Crippen molar-refractivity contribution >= 4 is 29.9 Å². The summed E-state index contributed by atoms with van der Waals surface area (Å²) >= 11 is 0. The van der Waals surface area contributed by atoms with E-state index >= 15 is 0 Å². The summed E-state index contributed by atoms with van der Waals surface area (Å²) in [5.41, 5.74) is 6.65. The molecule has 0 amide bonds. The first-order valence-corrected chi connectivity index (χ1v) is 5.78. The van der Waals surface area contributed by atoms with Gasteiger partial charge in [0.25, 0.3) is 0 Å². The van der Waals surface area contributed by atoms with Crippen LogP contribution in [0.2, 0.25) is 0 Å². The number of aliphatic hydroxyl groups is 1. The van der Waals surface area contributed by atoms with Crippen LogP contribution in [0.15, 0.2) is 23.2 Å². The lowest BCUT2D eigenvalue weighted by molar-refractivity contribution is 0.275. The van der Waals surface area contributed by atoms with Crippen molar-refractivity contribution in [1.29, 1.82) is 0 Å². The zero-order valence-electron chi connectivity index (χ0n) is 11.4. The van der Waals surface area contributed by atoms with Gasteiger partial charge in [-0.3, -0.25) is 0 Å². The molecule has 0 saturated carbocycles. The molecule has 0 spiro atoms. The number of hydrogen-bond donors (Lipinski definition) is 3. The molecule has 108 valence electrons. The Morgan fingerprint density at radius 1 is 1.42 bits per heavy atom. The minimum absolute atomic E-state index is 0. The fourth-order valence-electron chi connectivity index (χ4n) is 1.45. The summed E-state index contributed by atoms with van der Waals surface area (Å²) in [5, 5.41) is 12.0. The number of aliphatic imine (C=N–C) groups is 1. The standard InChI is InChI=1S/C13H20FN3O.HI/c1-13(2,3)17-12(15)16-7-9-4-5-11(14)10(6-9)8-18;/h4-6,18H,7-8H2,1-3H3,(H3,15,16,17);1H. The average molecular weight is 381 g/mol. The van der Waals surface area contributed by atoms with Crippen LogP contribution in [0.4, 0.5) is 4.39 Å². The zero-order valence-corrected chi connectivity index (χ0v) is 13.7. The molecule has 0 bridgehead atoms. The van der Waals surface area contributed by atoms with E-state index < -0.39 is 5.82 Å². The van der Waals surface area contributed by atoms with Crippen LogP contribution in [0.1, 0.15) is 31.9 Å². The highest BCUT2D eigenvalue weighted by molar-refractivity contribution is 14.0. The summed E-state index contributed by atoms with van der Waals surface area (Å²) in [6.07, 6.45) is 0. The Hall–Kier alpha value is -0.890. The summed E-state index contributed by atoms with van der Waals surface area (Å²) in [5.74, 6) is -0.0663. The second kappa shape index (κ2) is 7.64. The number of halogens is 2. The predicted octanol–water partition coefficient (Wildman–Crippen LogP) is 2.14. The third-order valence-corrected chi connectivity index (χ3v) is 2.22. The lowest BCUT2D eigenvalue weighted by Crippen LogP contribution is -2.44. The van der Waals surface area contributed by atoms with E-state index in [1.807, 2.05) is 20.8 Å². The molecule has 0 radical (unpaired) electrons. The second-order valence-corrected chi connectivity index (χ2v) is 5.16. The highest BCUT2D eigenvalue weighted by Gasteiger charge is 2.09. The van der Waals surface area contributed by atoms with Crippen LogP contribution in [0, 0.1) is 5.82 Å². The largest absolute Gasteiger partial charge is 0.392 e. The molecular weight excluding hydrogens is 360 g/mol. The molecule has 0 heterocycles. The molecule has 0 unspecified atom stereocenters. The summed E-state index contributed by atoms with van der Waals surface area (Å²) < 4.78 is 13.2. The number of nitrogens with zero attached hydrogens (tertiary/aromatic N) is 1. The van der Waals surface area contributed by atoms with Crippen LogP contribution < -0.4 is 11.1 Å². The van der Waals surface area contributed by atoms with Crippen LogP contribution in [0.25, 0.3) is 0 Å². The molecule has 0 aliphatic heterocycles. The summed E-state index contributed by atoms with van der Waals surface area (Å²) in [6, 6.07) is 4.54. The van der Waals surface area contributed by atoms with Gasteiger partial charge in [0.1, 0.15) is 5.82 Å². The van der Waals surface area contributed by atoms with Crippen molar-refractivity contribution in [2.75, 3.05) is 0 Å². The molecule has 0 aliphatic carbocycles. The van der Waals surface area contributed by atoms with E-state index in [2.05, 4.69) is 10.3 Å². The lowest BCUT2D eigenvalue weighted by atomic mass is 10.1. The molecule has 4 N–H and O–H groups in total. The molecule has 4 nitrogen and oxygen atoms in total. The Kier molecular flexibility index (Phi) is 7.28. The number of nitrogens with one attached hydrogen (secondary N) is 1. The van der Waals surface area contributed by atoms with Crippen LogP contribution >= 0.6 is 24.0 Å². The fourth-order valence-corrected chi connectivity index (χ4v) is 1.45. The van der Waals surface area contributed by atoms with E-state index in [1.165, 1.54) is 6.07 Å². The average Bonchev–Trinajstić information content (AvgIpc) is 2.25. The molecule has 0 aromatic heterocycles. The number of guanidine groups is 1. The van der Waals surface area contributed by atoms with Crippen LogP contribution in [-0.4, -0.2) is 16.6 Å². The maximum Gasteiger partial charge on any atom is 0.189 e. The van der Waals surface area contributed by atoms with Crippen molar-refractivity contribution in [3.8, 4) is 0 Å². The molecule has 1 rings (SSSR count). The molecule has 0 atom stereocenters. The third-order valence-electron chi connectivity index (χ3n) is 2.22. The molecule has 0 aliphatic rings. The number of aliphatic hydroxyl groups excluding tert-OH is 1. The molecule has 0 saturated heterocycles. The van der Waals surface area contributed by atoms with E-state index in [0.717, 1.165) is 5.56 Å². The number of nitrogens with two attached hydrogens (primary N) is 1. The van der Waals surface area contributed by atoms with E-state index in [9.17, 15) is 4.39 Å². The maximum absolute atomic E-state index is 13.2. The Morgan fingerprint density at radius 2 is 2.05 bits per heavy atom. The van der Waals surface area contributed by atoms with Crippen LogP contribution in [0.3, 0.4) is 0 Å². The zero-order chi connectivity index (χ0) is 13.8. The normalized spacial score (nSPS) is 11.9. The highest BCUT2D eigenvalue weighted by atomic mass is 127. The number of rotatable bonds is 3. The molecule has 1 aromatic carbocycles. The SMILES string of the molecule is CC(C)(C)NC(N)=NCc1ccc(F)c(CO)c1.I. The van der Waals surface area contributed by atoms with Crippen molar-refractivity contribution in [2.45, 2.75) is 39.5 Å². The summed E-state index contributed by atoms with van der Waals surface area (Å²) in [6.45, 7) is 5.98. The first-order valence-electron chi connectivity index (χ1n) is 5.78. The first kappa shape index (κ1) is 18.1. The van der Waals surface area contributed by atoms with Crippen molar-refractivity contribution in [2.24, 2.45) is 10.7 Å². The third kappa shape index (κ3) is 6.72. The van der Waals surface area contributed by atoms with Crippen molar-refractivity contribution in [3.63, 3.8) is 0 Å². The minimum atomic E-state index is -0.411. The van der Waals surface area contributed by atoms with Gasteiger partial charge in [-0.05, 0) is 38.5 Å². The summed E-state index contributed by atoms with van der Waals surface area (Å²) in [4.78, 5) is 4.16. The van der Waals surface area contributed by atoms with Gasteiger partial charge in [0.2, 0.25) is 0 Å². The van der Waals surface area contributed by atoms with Gasteiger partial charge in [-0.15, -0.1) is 24.0 Å². The van der Waals surface area contributed by atoms with Gasteiger partial charge in [0.05, 0.1) is 13.2 Å². The van der Waals surface area contributed by atoms with Crippen molar-refractivity contribution in [1.82, 2.24) is 5.32 Å². The van der Waals surface area contributed by atoms with Gasteiger partial charge in [-0.2, -0.15) is 0 Å². The van der Waals surface area contributed by atoms with E-state index in [1.54, 1.807) is 12.1 Å². The number of hydrogen-bond acceptors (Lipinski definition) is 2. The van der Waals surface area contributed by atoms with Crippen LogP contribution in [0.5, 0.6) is 0 Å². The predicted molar refractivity (Wildman–Crippen MR) is 86.0 cm³/mol. The van der Waals surface area contributed by atoms with E-state index in [-0.39, 0.29) is 41.7 Å². The Morgan fingerprint density at radius 3 is 2.58 bits per heavy atom. The van der Waals surface area contributed by atoms with Gasteiger partial charge < -0.3 is 16.2 Å². The molecular formula is C13H21FIN3O. The second-order valence-electron chi connectivity index (χ2n) is 5.16. The quantitative estimate of drug-likeness (QED) is 0.427. The van der Waals surface area contributed by atoms with Gasteiger partial charge in [0.15, 0.2) is 5.96 Å². The molecule has 1 aromatic rings. The van der Waals surface area contributed by atoms with Gasteiger partial charge in [0, 0.05) is 11.1 Å². The first-order chi connectivity index (χ1) is 8.31. The van der Waals surface area contributed by atoms with E-state index in [0.29, 0.717) is 12.5 Å². The topological polar surface area (TPSA) is 70.6 Å². The molecule has 0 fully saturated rings. The van der Waals surface area contributed by atoms with Gasteiger partial charge in [-0.25, -0.2) is 9.38 Å². The monoisotopic (exact) mass is 381 g/mol. The molecule has 19 heavy (non-hydrogen) atoms. The minimum Gasteiger partial charge on any atom is -0.392 e.